The van der Waals surface area contributed by atoms with E-state index in [0.29, 0.717) is 17.1 Å². The molecule has 0 bridgehead atoms. The number of ether oxygens (including phenoxy) is 1. The lowest BCUT2D eigenvalue weighted by molar-refractivity contribution is 0.166. The van der Waals surface area contributed by atoms with Crippen LogP contribution in [0.3, 0.4) is 0 Å². The molecule has 1 aliphatic heterocycles. The highest BCUT2D eigenvalue weighted by atomic mass is 35.5. The fourth-order valence-electron chi connectivity index (χ4n) is 2.64. The Morgan fingerprint density at radius 2 is 1.95 bits per heavy atom. The van der Waals surface area contributed by atoms with Crippen LogP contribution in [0.1, 0.15) is 19.4 Å². The van der Waals surface area contributed by atoms with Crippen molar-refractivity contribution in [2.45, 2.75) is 32.5 Å². The van der Waals surface area contributed by atoms with Crippen LogP contribution < -0.4 is 10.1 Å². The minimum atomic E-state index is 0. The standard InChI is InChI=1S/C14H21ClN2O.ClH/c1-10-7-17(8-11(2)16-10)9-12-4-5-14(18-3)13(15)6-12;/h4-6,10-11,16H,7-9H2,1-3H3;1H. The molecule has 2 rings (SSSR count). The molecule has 0 aliphatic carbocycles. The maximum atomic E-state index is 6.15. The van der Waals surface area contributed by atoms with E-state index < -0.39 is 0 Å². The summed E-state index contributed by atoms with van der Waals surface area (Å²) >= 11 is 6.15. The summed E-state index contributed by atoms with van der Waals surface area (Å²) in [6.45, 7) is 7.55. The molecule has 1 heterocycles. The number of nitrogens with one attached hydrogen (secondary N) is 1. The van der Waals surface area contributed by atoms with Gasteiger partial charge in [0.25, 0.3) is 0 Å². The van der Waals surface area contributed by atoms with Crippen LogP contribution in [-0.4, -0.2) is 37.2 Å². The number of piperazine rings is 1. The van der Waals surface area contributed by atoms with Crippen LogP contribution >= 0.6 is 24.0 Å². The van der Waals surface area contributed by atoms with Gasteiger partial charge < -0.3 is 10.1 Å². The van der Waals surface area contributed by atoms with Crippen molar-refractivity contribution in [3.05, 3.63) is 28.8 Å². The number of halogens is 2. The van der Waals surface area contributed by atoms with E-state index in [4.69, 9.17) is 16.3 Å². The first-order valence-electron chi connectivity index (χ1n) is 6.39. The highest BCUT2D eigenvalue weighted by Crippen LogP contribution is 2.25. The van der Waals surface area contributed by atoms with Gasteiger partial charge in [0.1, 0.15) is 5.75 Å². The summed E-state index contributed by atoms with van der Waals surface area (Å²) in [5.41, 5.74) is 1.24. The third-order valence-corrected chi connectivity index (χ3v) is 3.55. The van der Waals surface area contributed by atoms with Gasteiger partial charge in [-0.15, -0.1) is 12.4 Å². The molecule has 1 aromatic carbocycles. The summed E-state index contributed by atoms with van der Waals surface area (Å²) in [5.74, 6) is 0.738. The van der Waals surface area contributed by atoms with Gasteiger partial charge in [0, 0.05) is 31.7 Å². The monoisotopic (exact) mass is 304 g/mol. The van der Waals surface area contributed by atoms with E-state index in [1.165, 1.54) is 5.56 Å². The largest absolute Gasteiger partial charge is 0.495 e. The van der Waals surface area contributed by atoms with Crippen molar-refractivity contribution in [1.82, 2.24) is 10.2 Å². The van der Waals surface area contributed by atoms with Crippen molar-refractivity contribution >= 4 is 24.0 Å². The first-order valence-corrected chi connectivity index (χ1v) is 6.77. The van der Waals surface area contributed by atoms with E-state index in [1.807, 2.05) is 12.1 Å². The summed E-state index contributed by atoms with van der Waals surface area (Å²) in [6, 6.07) is 7.11. The van der Waals surface area contributed by atoms with Crippen molar-refractivity contribution in [3.63, 3.8) is 0 Å². The van der Waals surface area contributed by atoms with Crippen molar-refractivity contribution in [1.29, 1.82) is 0 Å². The maximum Gasteiger partial charge on any atom is 0.137 e. The Morgan fingerprint density at radius 3 is 2.47 bits per heavy atom. The number of rotatable bonds is 3. The van der Waals surface area contributed by atoms with Crippen LogP contribution in [0, 0.1) is 0 Å². The van der Waals surface area contributed by atoms with Gasteiger partial charge in [0.05, 0.1) is 12.1 Å². The molecule has 0 amide bonds. The third kappa shape index (κ3) is 4.53. The van der Waals surface area contributed by atoms with E-state index in [9.17, 15) is 0 Å². The van der Waals surface area contributed by atoms with E-state index in [0.717, 1.165) is 25.4 Å². The van der Waals surface area contributed by atoms with Gasteiger partial charge in [-0.05, 0) is 31.5 Å². The number of hydrogen-bond donors (Lipinski definition) is 1. The molecule has 19 heavy (non-hydrogen) atoms. The van der Waals surface area contributed by atoms with Gasteiger partial charge in [-0.3, -0.25) is 4.90 Å². The third-order valence-electron chi connectivity index (χ3n) is 3.26. The van der Waals surface area contributed by atoms with Gasteiger partial charge >= 0.3 is 0 Å². The zero-order valence-electron chi connectivity index (χ0n) is 11.6. The molecule has 0 spiro atoms. The van der Waals surface area contributed by atoms with Crippen molar-refractivity contribution in [2.24, 2.45) is 0 Å². The smallest absolute Gasteiger partial charge is 0.137 e. The average molecular weight is 305 g/mol. The van der Waals surface area contributed by atoms with Crippen LogP contribution in [-0.2, 0) is 6.54 Å². The molecule has 2 unspecified atom stereocenters. The lowest BCUT2D eigenvalue weighted by Gasteiger charge is -2.36. The highest BCUT2D eigenvalue weighted by Gasteiger charge is 2.20. The Balaban J connectivity index is 0.00000180. The molecule has 1 aromatic rings. The molecule has 1 aliphatic rings. The molecule has 0 radical (unpaired) electrons. The normalized spacial score (nSPS) is 23.8. The van der Waals surface area contributed by atoms with Crippen LogP contribution in [0.4, 0.5) is 0 Å². The van der Waals surface area contributed by atoms with E-state index in [2.05, 4.69) is 30.1 Å². The molecule has 1 fully saturated rings. The Morgan fingerprint density at radius 1 is 1.32 bits per heavy atom. The zero-order valence-corrected chi connectivity index (χ0v) is 13.2. The summed E-state index contributed by atoms with van der Waals surface area (Å²) < 4.78 is 5.17. The summed E-state index contributed by atoms with van der Waals surface area (Å²) in [6.07, 6.45) is 0. The lowest BCUT2D eigenvalue weighted by atomic mass is 10.1. The van der Waals surface area contributed by atoms with Gasteiger partial charge in [-0.25, -0.2) is 0 Å². The summed E-state index contributed by atoms with van der Waals surface area (Å²) in [5, 5.41) is 4.22. The van der Waals surface area contributed by atoms with Gasteiger partial charge in [0.2, 0.25) is 0 Å². The highest BCUT2D eigenvalue weighted by molar-refractivity contribution is 6.32. The topological polar surface area (TPSA) is 24.5 Å². The Labute approximate surface area is 126 Å². The van der Waals surface area contributed by atoms with Gasteiger partial charge in [-0.1, -0.05) is 17.7 Å². The second kappa shape index (κ2) is 7.34. The molecule has 1 N–H and O–H groups in total. The quantitative estimate of drug-likeness (QED) is 0.929. The number of benzene rings is 1. The number of methoxy groups -OCH3 is 1. The number of nitrogens with zero attached hydrogens (tertiary/aromatic N) is 1. The molecule has 3 nitrogen and oxygen atoms in total. The van der Waals surface area contributed by atoms with Crippen LogP contribution in [0.2, 0.25) is 5.02 Å². The zero-order chi connectivity index (χ0) is 13.1. The van der Waals surface area contributed by atoms with Gasteiger partial charge in [-0.2, -0.15) is 0 Å². The van der Waals surface area contributed by atoms with Crippen molar-refractivity contribution < 1.29 is 4.74 Å². The summed E-state index contributed by atoms with van der Waals surface area (Å²) in [4.78, 5) is 2.46. The molecule has 2 atom stereocenters. The predicted molar refractivity (Wildman–Crippen MR) is 82.6 cm³/mol. The van der Waals surface area contributed by atoms with E-state index in [-0.39, 0.29) is 12.4 Å². The van der Waals surface area contributed by atoms with Crippen molar-refractivity contribution in [3.8, 4) is 5.75 Å². The second-order valence-corrected chi connectivity index (χ2v) is 5.54. The minimum absolute atomic E-state index is 0. The van der Waals surface area contributed by atoms with Crippen LogP contribution in [0.15, 0.2) is 18.2 Å². The van der Waals surface area contributed by atoms with Crippen molar-refractivity contribution in [2.75, 3.05) is 20.2 Å². The Kier molecular flexibility index (Phi) is 6.40. The molecule has 5 heteroatoms. The fourth-order valence-corrected chi connectivity index (χ4v) is 2.92. The molecule has 108 valence electrons. The maximum absolute atomic E-state index is 6.15. The molecular formula is C14H22Cl2N2O. The van der Waals surface area contributed by atoms with Crippen LogP contribution in [0.5, 0.6) is 5.75 Å². The van der Waals surface area contributed by atoms with Gasteiger partial charge in [0.15, 0.2) is 0 Å². The molecule has 1 saturated heterocycles. The van der Waals surface area contributed by atoms with E-state index >= 15 is 0 Å². The predicted octanol–water partition coefficient (Wildman–Crippen LogP) is 2.95. The fraction of sp³-hybridized carbons (Fsp3) is 0.571. The first-order chi connectivity index (χ1) is 8.58. The van der Waals surface area contributed by atoms with Crippen LogP contribution in [0.25, 0.3) is 0 Å². The summed E-state index contributed by atoms with van der Waals surface area (Å²) in [7, 11) is 1.64. The molecule has 0 aromatic heterocycles. The molecular weight excluding hydrogens is 283 g/mol. The lowest BCUT2D eigenvalue weighted by Crippen LogP contribution is -2.53. The second-order valence-electron chi connectivity index (χ2n) is 5.13. The Bertz CT molecular complexity index is 404. The van der Waals surface area contributed by atoms with E-state index in [1.54, 1.807) is 7.11 Å². The minimum Gasteiger partial charge on any atom is -0.495 e. The SMILES string of the molecule is COc1ccc(CN2CC(C)NC(C)C2)cc1Cl.Cl. The average Bonchev–Trinajstić information content (AvgIpc) is 2.27. The number of hydrogen-bond acceptors (Lipinski definition) is 3. The Hall–Kier alpha value is -0.480. The molecule has 0 saturated carbocycles. The first kappa shape index (κ1) is 16.6.